The van der Waals surface area contributed by atoms with E-state index in [1.807, 2.05) is 0 Å². The lowest BCUT2D eigenvalue weighted by molar-refractivity contribution is 0.0295. The van der Waals surface area contributed by atoms with Crippen LogP contribution >= 0.6 is 0 Å². The topological polar surface area (TPSA) is 41.5 Å². The van der Waals surface area contributed by atoms with Crippen molar-refractivity contribution in [1.82, 2.24) is 5.32 Å². The maximum Gasteiger partial charge on any atom is 0.0952 e. The second-order valence-electron chi connectivity index (χ2n) is 5.67. The summed E-state index contributed by atoms with van der Waals surface area (Å²) in [6.45, 7) is 1.61. The minimum absolute atomic E-state index is 0.138. The minimum Gasteiger partial charge on any atom is -0.392 e. The zero-order valence-electron chi connectivity index (χ0n) is 11.3. The van der Waals surface area contributed by atoms with Crippen molar-refractivity contribution in [3.05, 3.63) is 35.4 Å². The Balaban J connectivity index is 1.61. The molecule has 3 unspecified atom stereocenters. The first kappa shape index (κ1) is 13.1. The molecule has 1 aromatic carbocycles. The second-order valence-corrected chi connectivity index (χ2v) is 5.67. The maximum absolute atomic E-state index is 9.99. The van der Waals surface area contributed by atoms with E-state index in [0.29, 0.717) is 0 Å². The number of aliphatic hydroxyl groups is 1. The van der Waals surface area contributed by atoms with E-state index in [0.717, 1.165) is 38.8 Å². The Bertz CT molecular complexity index is 421. The highest BCUT2D eigenvalue weighted by Gasteiger charge is 2.25. The van der Waals surface area contributed by atoms with Crippen molar-refractivity contribution in [2.75, 3.05) is 13.2 Å². The number of hydrogen-bond donors (Lipinski definition) is 2. The Hall–Kier alpha value is -0.900. The quantitative estimate of drug-likeness (QED) is 0.876. The number of nitrogens with one attached hydrogen (secondary N) is 1. The summed E-state index contributed by atoms with van der Waals surface area (Å²) in [5.74, 6) is 0. The van der Waals surface area contributed by atoms with E-state index in [2.05, 4.69) is 29.6 Å². The number of hydrogen-bond acceptors (Lipinski definition) is 3. The van der Waals surface area contributed by atoms with Crippen molar-refractivity contribution in [1.29, 1.82) is 0 Å². The molecule has 0 spiro atoms. The van der Waals surface area contributed by atoms with Gasteiger partial charge in [0.15, 0.2) is 0 Å². The molecule has 3 atom stereocenters. The lowest BCUT2D eigenvalue weighted by Crippen LogP contribution is -2.44. The molecular formula is C16H23NO2. The molecule has 2 aliphatic rings. The number of benzene rings is 1. The molecule has 1 aliphatic carbocycles. The van der Waals surface area contributed by atoms with Crippen LogP contribution in [0.5, 0.6) is 0 Å². The summed E-state index contributed by atoms with van der Waals surface area (Å²) in [7, 11) is 0. The molecule has 19 heavy (non-hydrogen) atoms. The van der Waals surface area contributed by atoms with Crippen LogP contribution in [0.3, 0.4) is 0 Å². The number of fused-ring (bicyclic) bond motifs is 1. The molecule has 0 aromatic heterocycles. The fourth-order valence-corrected chi connectivity index (χ4v) is 3.25. The van der Waals surface area contributed by atoms with E-state index < -0.39 is 0 Å². The molecule has 1 fully saturated rings. The van der Waals surface area contributed by atoms with Crippen LogP contribution in [-0.2, 0) is 11.2 Å². The van der Waals surface area contributed by atoms with Gasteiger partial charge in [-0.15, -0.1) is 0 Å². The van der Waals surface area contributed by atoms with Gasteiger partial charge in [-0.25, -0.2) is 0 Å². The highest BCUT2D eigenvalue weighted by molar-refractivity contribution is 5.31. The van der Waals surface area contributed by atoms with E-state index in [1.54, 1.807) is 0 Å². The van der Waals surface area contributed by atoms with Gasteiger partial charge in [0.2, 0.25) is 0 Å². The Morgan fingerprint density at radius 2 is 2.05 bits per heavy atom. The molecule has 3 rings (SSSR count). The molecule has 1 saturated carbocycles. The summed E-state index contributed by atoms with van der Waals surface area (Å²) in [5.41, 5.74) is 2.72. The van der Waals surface area contributed by atoms with Crippen LogP contribution in [-0.4, -0.2) is 30.4 Å². The van der Waals surface area contributed by atoms with E-state index >= 15 is 0 Å². The Morgan fingerprint density at radius 3 is 2.95 bits per heavy atom. The molecule has 0 saturated heterocycles. The highest BCUT2D eigenvalue weighted by Crippen LogP contribution is 2.27. The Kier molecular flexibility index (Phi) is 4.16. The molecule has 3 nitrogen and oxygen atoms in total. The van der Waals surface area contributed by atoms with E-state index in [4.69, 9.17) is 4.74 Å². The standard InChI is InChI=1S/C16H23NO2/c18-15-8-4-3-7-14(15)17-11-16-13-6-2-1-5-12(13)9-10-19-16/h1-2,5-6,14-18H,3-4,7-11H2. The monoisotopic (exact) mass is 261 g/mol. The third-order valence-electron chi connectivity index (χ3n) is 4.39. The summed E-state index contributed by atoms with van der Waals surface area (Å²) in [6, 6.07) is 8.78. The van der Waals surface area contributed by atoms with Gasteiger partial charge in [0.05, 0.1) is 18.8 Å². The molecule has 0 amide bonds. The third kappa shape index (κ3) is 2.99. The van der Waals surface area contributed by atoms with Gasteiger partial charge in [-0.2, -0.15) is 0 Å². The van der Waals surface area contributed by atoms with Crippen LogP contribution in [0.4, 0.5) is 0 Å². The van der Waals surface area contributed by atoms with Gasteiger partial charge in [-0.1, -0.05) is 37.1 Å². The van der Waals surface area contributed by atoms with E-state index in [-0.39, 0.29) is 18.2 Å². The fraction of sp³-hybridized carbons (Fsp3) is 0.625. The first-order valence-electron chi connectivity index (χ1n) is 7.45. The van der Waals surface area contributed by atoms with Crippen molar-refractivity contribution in [2.24, 2.45) is 0 Å². The third-order valence-corrected chi connectivity index (χ3v) is 4.39. The fourth-order valence-electron chi connectivity index (χ4n) is 3.25. The predicted molar refractivity (Wildman–Crippen MR) is 75.1 cm³/mol. The van der Waals surface area contributed by atoms with Crippen molar-refractivity contribution >= 4 is 0 Å². The van der Waals surface area contributed by atoms with Gasteiger partial charge in [-0.3, -0.25) is 0 Å². The lowest BCUT2D eigenvalue weighted by atomic mass is 9.92. The molecule has 1 heterocycles. The summed E-state index contributed by atoms with van der Waals surface area (Å²) in [4.78, 5) is 0. The van der Waals surface area contributed by atoms with Crippen LogP contribution in [0.1, 0.15) is 42.9 Å². The first-order valence-corrected chi connectivity index (χ1v) is 7.45. The summed E-state index contributed by atoms with van der Waals surface area (Å²) < 4.78 is 5.89. The maximum atomic E-state index is 9.99. The Morgan fingerprint density at radius 1 is 1.21 bits per heavy atom. The lowest BCUT2D eigenvalue weighted by Gasteiger charge is -2.32. The van der Waals surface area contributed by atoms with Crippen LogP contribution < -0.4 is 5.32 Å². The predicted octanol–water partition coefficient (Wildman–Crippen LogP) is 2.19. The largest absolute Gasteiger partial charge is 0.392 e. The van der Waals surface area contributed by atoms with Gasteiger partial charge in [0.1, 0.15) is 0 Å². The molecule has 1 aliphatic heterocycles. The highest BCUT2D eigenvalue weighted by atomic mass is 16.5. The molecule has 104 valence electrons. The van der Waals surface area contributed by atoms with Gasteiger partial charge in [0.25, 0.3) is 0 Å². The average Bonchev–Trinajstić information content (AvgIpc) is 2.46. The number of rotatable bonds is 3. The zero-order valence-corrected chi connectivity index (χ0v) is 11.3. The van der Waals surface area contributed by atoms with Crippen LogP contribution in [0.15, 0.2) is 24.3 Å². The van der Waals surface area contributed by atoms with Gasteiger partial charge >= 0.3 is 0 Å². The Labute approximate surface area is 115 Å². The summed E-state index contributed by atoms with van der Waals surface area (Å²) in [5, 5.41) is 13.5. The summed E-state index contributed by atoms with van der Waals surface area (Å²) >= 11 is 0. The van der Waals surface area contributed by atoms with Crippen molar-refractivity contribution in [2.45, 2.75) is 50.4 Å². The van der Waals surface area contributed by atoms with Gasteiger partial charge in [-0.05, 0) is 30.4 Å². The molecule has 2 N–H and O–H groups in total. The van der Waals surface area contributed by atoms with Gasteiger partial charge in [0, 0.05) is 12.6 Å². The van der Waals surface area contributed by atoms with Crippen molar-refractivity contribution in [3.63, 3.8) is 0 Å². The van der Waals surface area contributed by atoms with Gasteiger partial charge < -0.3 is 15.2 Å². The average molecular weight is 261 g/mol. The molecular weight excluding hydrogens is 238 g/mol. The molecule has 3 heteroatoms. The summed E-state index contributed by atoms with van der Waals surface area (Å²) in [6.07, 6.45) is 5.35. The van der Waals surface area contributed by atoms with Crippen LogP contribution in [0, 0.1) is 0 Å². The minimum atomic E-state index is -0.187. The molecule has 1 aromatic rings. The molecule has 0 radical (unpaired) electrons. The first-order chi connectivity index (χ1) is 9.34. The van der Waals surface area contributed by atoms with E-state index in [9.17, 15) is 5.11 Å². The normalized spacial score (nSPS) is 30.9. The SMILES string of the molecule is OC1CCCCC1NCC1OCCc2ccccc21. The van der Waals surface area contributed by atoms with Crippen LogP contribution in [0.2, 0.25) is 0 Å². The van der Waals surface area contributed by atoms with Crippen molar-refractivity contribution < 1.29 is 9.84 Å². The second kappa shape index (κ2) is 6.04. The smallest absolute Gasteiger partial charge is 0.0952 e. The van der Waals surface area contributed by atoms with Crippen LogP contribution in [0.25, 0.3) is 0 Å². The van der Waals surface area contributed by atoms with E-state index in [1.165, 1.54) is 17.5 Å². The number of ether oxygens (including phenoxy) is 1. The van der Waals surface area contributed by atoms with Crippen molar-refractivity contribution in [3.8, 4) is 0 Å². The molecule has 0 bridgehead atoms. The zero-order chi connectivity index (χ0) is 13.1. The number of aliphatic hydroxyl groups excluding tert-OH is 1.